The van der Waals surface area contributed by atoms with E-state index >= 15 is 0 Å². The number of hydroxylamine groups is 1. The Bertz CT molecular complexity index is 1760. The molecule has 0 aliphatic carbocycles. The Balaban J connectivity index is 1.37. The molecule has 10 nitrogen and oxygen atoms in total. The second kappa shape index (κ2) is 15.9. The van der Waals surface area contributed by atoms with Crippen molar-refractivity contribution in [3.8, 4) is 5.75 Å². The van der Waals surface area contributed by atoms with Gasteiger partial charge in [-0.05, 0) is 72.9 Å². The Hall–Kier alpha value is -6.00. The molecule has 1 atom stereocenters. The van der Waals surface area contributed by atoms with Gasteiger partial charge in [0.1, 0.15) is 24.0 Å². The molecule has 0 radical (unpaired) electrons. The lowest BCUT2D eigenvalue weighted by molar-refractivity contribution is -0.384. The molecule has 256 valence electrons. The largest absolute Gasteiger partial charge is 0.489 e. The van der Waals surface area contributed by atoms with Crippen LogP contribution in [0.1, 0.15) is 48.6 Å². The van der Waals surface area contributed by atoms with Crippen LogP contribution in [-0.4, -0.2) is 28.6 Å². The summed E-state index contributed by atoms with van der Waals surface area (Å²) in [7, 11) is 0. The smallest absolute Gasteiger partial charge is 0.408 e. The molecule has 0 aliphatic heterocycles. The average molecular weight is 674 g/mol. The van der Waals surface area contributed by atoms with Crippen LogP contribution in [0, 0.1) is 10.1 Å². The highest BCUT2D eigenvalue weighted by molar-refractivity contribution is 5.85. The molecular formula is C40H39N3O7. The second-order valence-corrected chi connectivity index (χ2v) is 12.6. The van der Waals surface area contributed by atoms with E-state index in [0.29, 0.717) is 5.75 Å². The van der Waals surface area contributed by atoms with Crippen molar-refractivity contribution in [2.24, 2.45) is 0 Å². The number of non-ortho nitro benzene ring substituents is 1. The number of carbonyl (C=O) groups excluding carboxylic acids is 2. The molecule has 0 saturated heterocycles. The molecule has 0 saturated carbocycles. The first kappa shape index (κ1) is 35.3. The van der Waals surface area contributed by atoms with Gasteiger partial charge in [0.15, 0.2) is 5.60 Å². The third-order valence-electron chi connectivity index (χ3n) is 7.77. The van der Waals surface area contributed by atoms with Gasteiger partial charge in [-0.25, -0.2) is 10.3 Å². The first-order valence-corrected chi connectivity index (χ1v) is 16.1. The van der Waals surface area contributed by atoms with E-state index in [2.05, 4.69) is 10.8 Å². The number of hydrogen-bond acceptors (Lipinski definition) is 7. The number of nitrogens with zero attached hydrogens (tertiary/aromatic N) is 1. The Morgan fingerprint density at radius 1 is 0.700 bits per heavy atom. The predicted molar refractivity (Wildman–Crippen MR) is 189 cm³/mol. The molecule has 5 aromatic rings. The van der Waals surface area contributed by atoms with Gasteiger partial charge in [-0.1, -0.05) is 103 Å². The van der Waals surface area contributed by atoms with Crippen LogP contribution in [0.3, 0.4) is 0 Å². The summed E-state index contributed by atoms with van der Waals surface area (Å²) in [5, 5.41) is 13.7. The number of hydrogen-bond donors (Lipinski definition) is 2. The van der Waals surface area contributed by atoms with E-state index in [4.69, 9.17) is 14.3 Å². The number of alkyl carbamates (subject to hydrolysis) is 1. The molecule has 2 amide bonds. The lowest BCUT2D eigenvalue weighted by Gasteiger charge is -2.35. The summed E-state index contributed by atoms with van der Waals surface area (Å²) in [6.07, 6.45) is -0.632. The zero-order valence-electron chi connectivity index (χ0n) is 28.1. The Labute approximate surface area is 291 Å². The predicted octanol–water partition coefficient (Wildman–Crippen LogP) is 7.65. The van der Waals surface area contributed by atoms with Gasteiger partial charge in [0, 0.05) is 18.6 Å². The van der Waals surface area contributed by atoms with E-state index in [0.717, 1.165) is 27.8 Å². The van der Waals surface area contributed by atoms with Gasteiger partial charge in [0.05, 0.1) is 4.92 Å². The Morgan fingerprint density at radius 3 is 1.64 bits per heavy atom. The summed E-state index contributed by atoms with van der Waals surface area (Å²) >= 11 is 0. The van der Waals surface area contributed by atoms with Crippen molar-refractivity contribution in [3.05, 3.63) is 177 Å². The standard InChI is InChI=1S/C40H39N3O7/c1-39(2,3)49-38(45)41-36(27-29-21-25-35(26-22-29)48-28-30-19-23-34(24-20-30)43(46)47)37(44)42-50-40(31-13-7-4-8-14-31,32-15-9-5-10-16-32)33-17-11-6-12-18-33/h4-26,36H,27-28H2,1-3H3,(H,41,45)(H,42,44). The van der Waals surface area contributed by atoms with Crippen molar-refractivity contribution in [3.63, 3.8) is 0 Å². The minimum Gasteiger partial charge on any atom is -0.489 e. The SMILES string of the molecule is CC(C)(C)OC(=O)NC(Cc1ccc(OCc2ccc([N+](=O)[O-])cc2)cc1)C(=O)NOC(c1ccccc1)(c1ccccc1)c1ccccc1. The average Bonchev–Trinajstić information content (AvgIpc) is 3.12. The minimum absolute atomic E-state index is 0.00738. The number of nitro groups is 1. The van der Waals surface area contributed by atoms with Crippen LogP contribution in [0.5, 0.6) is 5.75 Å². The quantitative estimate of drug-likeness (QED) is 0.0746. The van der Waals surface area contributed by atoms with Crippen molar-refractivity contribution in [2.75, 3.05) is 0 Å². The molecule has 1 unspecified atom stereocenters. The van der Waals surface area contributed by atoms with E-state index in [1.54, 1.807) is 57.2 Å². The first-order chi connectivity index (χ1) is 24.0. The molecule has 0 spiro atoms. The van der Waals surface area contributed by atoms with Crippen LogP contribution >= 0.6 is 0 Å². The van der Waals surface area contributed by atoms with Crippen LogP contribution in [0.4, 0.5) is 10.5 Å². The number of carbonyl (C=O) groups is 2. The third-order valence-corrected chi connectivity index (χ3v) is 7.77. The maximum atomic E-state index is 14.0. The summed E-state index contributed by atoms with van der Waals surface area (Å²) in [4.78, 5) is 44.0. The van der Waals surface area contributed by atoms with Gasteiger partial charge in [-0.15, -0.1) is 0 Å². The topological polar surface area (TPSA) is 129 Å². The summed E-state index contributed by atoms with van der Waals surface area (Å²) < 4.78 is 11.4. The molecule has 0 bridgehead atoms. The van der Waals surface area contributed by atoms with Crippen molar-refractivity contribution in [1.29, 1.82) is 0 Å². The highest BCUT2D eigenvalue weighted by Gasteiger charge is 2.40. The molecular weight excluding hydrogens is 634 g/mol. The Kier molecular flexibility index (Phi) is 11.3. The van der Waals surface area contributed by atoms with Crippen LogP contribution in [-0.2, 0) is 33.0 Å². The fourth-order valence-corrected chi connectivity index (χ4v) is 5.39. The molecule has 0 heterocycles. The van der Waals surface area contributed by atoms with Gasteiger partial charge in [0.25, 0.3) is 11.6 Å². The van der Waals surface area contributed by atoms with Gasteiger partial charge >= 0.3 is 6.09 Å². The maximum Gasteiger partial charge on any atom is 0.408 e. The summed E-state index contributed by atoms with van der Waals surface area (Å²) in [5.41, 5.74) is 4.58. The van der Waals surface area contributed by atoms with E-state index in [1.807, 2.05) is 91.0 Å². The Morgan fingerprint density at radius 2 is 1.18 bits per heavy atom. The highest BCUT2D eigenvalue weighted by atomic mass is 16.7. The van der Waals surface area contributed by atoms with E-state index in [1.165, 1.54) is 12.1 Å². The zero-order valence-corrected chi connectivity index (χ0v) is 28.1. The summed E-state index contributed by atoms with van der Waals surface area (Å²) in [6.45, 7) is 5.45. The summed E-state index contributed by atoms with van der Waals surface area (Å²) in [6, 6.07) is 41.0. The number of ether oxygens (including phenoxy) is 2. The molecule has 5 aromatic carbocycles. The lowest BCUT2D eigenvalue weighted by atomic mass is 9.80. The zero-order chi connectivity index (χ0) is 35.6. The monoisotopic (exact) mass is 673 g/mol. The molecule has 0 fully saturated rings. The summed E-state index contributed by atoms with van der Waals surface area (Å²) in [5.74, 6) is -0.0172. The normalized spacial score (nSPS) is 12.0. The van der Waals surface area contributed by atoms with Crippen LogP contribution in [0.15, 0.2) is 140 Å². The fraction of sp³-hybridized carbons (Fsp3) is 0.200. The lowest BCUT2D eigenvalue weighted by Crippen LogP contribution is -2.51. The number of amides is 2. The molecule has 50 heavy (non-hydrogen) atoms. The van der Waals surface area contributed by atoms with E-state index < -0.39 is 34.2 Å². The molecule has 2 N–H and O–H groups in total. The van der Waals surface area contributed by atoms with Crippen LogP contribution < -0.4 is 15.5 Å². The third kappa shape index (κ3) is 9.12. The number of nitro benzene ring substituents is 1. The van der Waals surface area contributed by atoms with Gasteiger partial charge in [-0.3, -0.25) is 19.7 Å². The number of rotatable bonds is 13. The van der Waals surface area contributed by atoms with Crippen molar-refractivity contribution >= 4 is 17.7 Å². The van der Waals surface area contributed by atoms with Crippen LogP contribution in [0.25, 0.3) is 0 Å². The minimum atomic E-state index is -1.22. The van der Waals surface area contributed by atoms with E-state index in [9.17, 15) is 19.7 Å². The molecule has 5 rings (SSSR count). The number of benzene rings is 5. The second-order valence-electron chi connectivity index (χ2n) is 12.6. The first-order valence-electron chi connectivity index (χ1n) is 16.1. The van der Waals surface area contributed by atoms with Crippen molar-refractivity contribution in [1.82, 2.24) is 10.8 Å². The van der Waals surface area contributed by atoms with Gasteiger partial charge in [0.2, 0.25) is 0 Å². The number of nitrogens with one attached hydrogen (secondary N) is 2. The molecule has 10 heteroatoms. The molecule has 0 aromatic heterocycles. The van der Waals surface area contributed by atoms with Crippen LogP contribution in [0.2, 0.25) is 0 Å². The van der Waals surface area contributed by atoms with Gasteiger partial charge < -0.3 is 14.8 Å². The van der Waals surface area contributed by atoms with E-state index in [-0.39, 0.29) is 18.7 Å². The van der Waals surface area contributed by atoms with Crippen molar-refractivity contribution < 1.29 is 28.8 Å². The van der Waals surface area contributed by atoms with Crippen molar-refractivity contribution in [2.45, 2.75) is 51.0 Å². The fourth-order valence-electron chi connectivity index (χ4n) is 5.39. The maximum absolute atomic E-state index is 14.0. The molecule has 0 aliphatic rings. The highest BCUT2D eigenvalue weighted by Crippen LogP contribution is 2.39. The van der Waals surface area contributed by atoms with Gasteiger partial charge in [-0.2, -0.15) is 0 Å².